The molecule has 0 radical (unpaired) electrons. The van der Waals surface area contributed by atoms with Crippen LogP contribution in [0.2, 0.25) is 0 Å². The van der Waals surface area contributed by atoms with Crippen molar-refractivity contribution >= 4 is 15.9 Å². The second-order valence-corrected chi connectivity index (χ2v) is 5.56. The molecular formula is C12H16O5S. The lowest BCUT2D eigenvalue weighted by Gasteiger charge is -2.14. The summed E-state index contributed by atoms with van der Waals surface area (Å²) in [7, 11) is -2.21. The molecule has 1 aromatic rings. The van der Waals surface area contributed by atoms with E-state index in [9.17, 15) is 13.2 Å². The molecule has 0 aromatic heterocycles. The molecule has 0 spiro atoms. The number of hydrogen-bond acceptors (Lipinski definition) is 5. The maximum Gasteiger partial charge on any atom is 0.265 e. The van der Waals surface area contributed by atoms with E-state index in [4.69, 9.17) is 4.74 Å². The van der Waals surface area contributed by atoms with Crippen molar-refractivity contribution in [2.45, 2.75) is 20.0 Å². The van der Waals surface area contributed by atoms with Crippen LogP contribution in [-0.4, -0.2) is 33.7 Å². The van der Waals surface area contributed by atoms with Crippen molar-refractivity contribution in [3.8, 4) is 5.75 Å². The first-order valence-electron chi connectivity index (χ1n) is 5.32. The number of ketones is 1. The highest BCUT2D eigenvalue weighted by Crippen LogP contribution is 2.24. The number of aryl methyl sites for hydroxylation is 1. The fraction of sp³-hybridized carbons (Fsp3) is 0.417. The van der Waals surface area contributed by atoms with E-state index >= 15 is 0 Å². The number of methoxy groups -OCH3 is 1. The molecule has 0 bridgehead atoms. The molecule has 0 unspecified atom stereocenters. The van der Waals surface area contributed by atoms with Gasteiger partial charge in [-0.25, -0.2) is 0 Å². The summed E-state index contributed by atoms with van der Waals surface area (Å²) in [4.78, 5) is 12.1. The first-order chi connectivity index (χ1) is 8.26. The molecule has 1 rings (SSSR count). The van der Waals surface area contributed by atoms with Gasteiger partial charge >= 0.3 is 0 Å². The molecule has 0 saturated carbocycles. The Morgan fingerprint density at radius 3 is 2.44 bits per heavy atom. The average molecular weight is 272 g/mol. The lowest BCUT2D eigenvalue weighted by molar-refractivity contribution is 0.0824. The largest absolute Gasteiger partial charge is 0.496 e. The van der Waals surface area contributed by atoms with Crippen LogP contribution in [0.1, 0.15) is 22.8 Å². The predicted octanol–water partition coefficient (Wildman–Crippen LogP) is 1.55. The minimum atomic E-state index is -3.67. The van der Waals surface area contributed by atoms with Gasteiger partial charge < -0.3 is 4.74 Å². The highest BCUT2D eigenvalue weighted by Gasteiger charge is 2.23. The Morgan fingerprint density at radius 2 is 1.94 bits per heavy atom. The molecule has 5 nitrogen and oxygen atoms in total. The SMILES string of the molecule is COc1c(C)cccc1C(=O)[C@H](C)OS(C)(=O)=O. The van der Waals surface area contributed by atoms with Crippen molar-refractivity contribution < 1.29 is 22.1 Å². The molecule has 1 aromatic carbocycles. The van der Waals surface area contributed by atoms with Crippen LogP contribution in [0, 0.1) is 6.92 Å². The molecule has 0 aliphatic rings. The molecular weight excluding hydrogens is 256 g/mol. The van der Waals surface area contributed by atoms with Gasteiger partial charge in [-0.05, 0) is 25.5 Å². The second kappa shape index (κ2) is 5.49. The topological polar surface area (TPSA) is 69.7 Å². The quantitative estimate of drug-likeness (QED) is 0.601. The number of carbonyl (C=O) groups is 1. The monoisotopic (exact) mass is 272 g/mol. The molecule has 0 amide bonds. The van der Waals surface area contributed by atoms with Crippen LogP contribution in [0.5, 0.6) is 5.75 Å². The normalized spacial score (nSPS) is 13.1. The predicted molar refractivity (Wildman–Crippen MR) is 67.5 cm³/mol. The van der Waals surface area contributed by atoms with E-state index < -0.39 is 22.0 Å². The second-order valence-electron chi connectivity index (χ2n) is 3.96. The van der Waals surface area contributed by atoms with E-state index in [1.54, 1.807) is 25.1 Å². The Balaban J connectivity index is 3.08. The number of rotatable bonds is 5. The van der Waals surface area contributed by atoms with Crippen LogP contribution in [0.4, 0.5) is 0 Å². The maximum absolute atomic E-state index is 12.1. The average Bonchev–Trinajstić information content (AvgIpc) is 2.25. The summed E-state index contributed by atoms with van der Waals surface area (Å²) in [5.41, 5.74) is 1.11. The Kier molecular flexibility index (Phi) is 4.48. The fourth-order valence-corrected chi connectivity index (χ4v) is 2.25. The van der Waals surface area contributed by atoms with Crippen molar-refractivity contribution in [3.63, 3.8) is 0 Å². The molecule has 0 heterocycles. The highest BCUT2D eigenvalue weighted by molar-refractivity contribution is 7.86. The molecule has 0 N–H and O–H groups in total. The third-order valence-corrected chi connectivity index (χ3v) is 3.01. The van der Waals surface area contributed by atoms with Gasteiger partial charge in [0.05, 0.1) is 18.9 Å². The summed E-state index contributed by atoms with van der Waals surface area (Å²) in [6.45, 7) is 3.20. The van der Waals surface area contributed by atoms with E-state index in [1.165, 1.54) is 14.0 Å². The summed E-state index contributed by atoms with van der Waals surface area (Å²) < 4.78 is 31.8. The maximum atomic E-state index is 12.1. The van der Waals surface area contributed by atoms with Crippen molar-refractivity contribution in [2.75, 3.05) is 13.4 Å². The standard InChI is InChI=1S/C12H16O5S/c1-8-6-5-7-10(12(8)16-3)11(13)9(2)17-18(4,14)15/h5-7,9H,1-4H3/t9-/m0/s1. The Labute approximate surface area is 107 Å². The molecule has 100 valence electrons. The van der Waals surface area contributed by atoms with E-state index in [1.807, 2.05) is 0 Å². The molecule has 6 heteroatoms. The Hall–Kier alpha value is -1.40. The van der Waals surface area contributed by atoms with Crippen molar-refractivity contribution in [1.82, 2.24) is 0 Å². The van der Waals surface area contributed by atoms with Crippen LogP contribution >= 0.6 is 0 Å². The van der Waals surface area contributed by atoms with Crippen molar-refractivity contribution in [3.05, 3.63) is 29.3 Å². The van der Waals surface area contributed by atoms with Gasteiger partial charge in [-0.1, -0.05) is 12.1 Å². The first kappa shape index (κ1) is 14.7. The number of Topliss-reactive ketones (excluding diaryl/α,β-unsaturated/α-hetero) is 1. The van der Waals surface area contributed by atoms with E-state index in [-0.39, 0.29) is 0 Å². The lowest BCUT2D eigenvalue weighted by atomic mass is 10.0. The van der Waals surface area contributed by atoms with Crippen LogP contribution in [0.15, 0.2) is 18.2 Å². The van der Waals surface area contributed by atoms with Gasteiger partial charge in [0.1, 0.15) is 11.9 Å². The lowest BCUT2D eigenvalue weighted by Crippen LogP contribution is -2.24. The van der Waals surface area contributed by atoms with Gasteiger partial charge in [0.15, 0.2) is 5.78 Å². The van der Waals surface area contributed by atoms with Crippen LogP contribution in [-0.2, 0) is 14.3 Å². The van der Waals surface area contributed by atoms with Gasteiger partial charge in [-0.3, -0.25) is 8.98 Å². The van der Waals surface area contributed by atoms with Crippen molar-refractivity contribution in [2.24, 2.45) is 0 Å². The number of ether oxygens (including phenoxy) is 1. The number of benzene rings is 1. The Bertz CT molecular complexity index is 548. The first-order valence-corrected chi connectivity index (χ1v) is 7.14. The third kappa shape index (κ3) is 3.54. The van der Waals surface area contributed by atoms with Gasteiger partial charge in [0.2, 0.25) is 0 Å². The number of hydrogen-bond donors (Lipinski definition) is 0. The minimum Gasteiger partial charge on any atom is -0.496 e. The van der Waals surface area contributed by atoms with Crippen LogP contribution in [0.3, 0.4) is 0 Å². The van der Waals surface area contributed by atoms with Crippen LogP contribution in [0.25, 0.3) is 0 Å². The number of para-hydroxylation sites is 1. The molecule has 0 aliphatic heterocycles. The molecule has 1 atom stereocenters. The third-order valence-electron chi connectivity index (χ3n) is 2.37. The minimum absolute atomic E-state index is 0.314. The molecule has 18 heavy (non-hydrogen) atoms. The van der Waals surface area contributed by atoms with E-state index in [0.29, 0.717) is 11.3 Å². The Morgan fingerprint density at radius 1 is 1.33 bits per heavy atom. The summed E-state index contributed by atoms with van der Waals surface area (Å²) in [6, 6.07) is 5.09. The summed E-state index contributed by atoms with van der Waals surface area (Å²) in [5, 5.41) is 0. The fourth-order valence-electron chi connectivity index (χ4n) is 1.64. The molecule has 0 saturated heterocycles. The highest BCUT2D eigenvalue weighted by atomic mass is 32.2. The summed E-state index contributed by atoms with van der Waals surface area (Å²) in [5.74, 6) is 0.00688. The molecule has 0 fully saturated rings. The van der Waals surface area contributed by atoms with Gasteiger partial charge in [0, 0.05) is 0 Å². The number of carbonyl (C=O) groups excluding carboxylic acids is 1. The zero-order chi connectivity index (χ0) is 13.9. The van der Waals surface area contributed by atoms with E-state index in [2.05, 4.69) is 4.18 Å². The zero-order valence-corrected chi connectivity index (χ0v) is 11.6. The van der Waals surface area contributed by atoms with Gasteiger partial charge in [0.25, 0.3) is 10.1 Å². The van der Waals surface area contributed by atoms with E-state index in [0.717, 1.165) is 11.8 Å². The van der Waals surface area contributed by atoms with Crippen molar-refractivity contribution in [1.29, 1.82) is 0 Å². The summed E-state index contributed by atoms with van der Waals surface area (Å²) in [6.07, 6.45) is -0.166. The zero-order valence-electron chi connectivity index (χ0n) is 10.8. The smallest absolute Gasteiger partial charge is 0.265 e. The van der Waals surface area contributed by atoms with Gasteiger partial charge in [-0.2, -0.15) is 8.42 Å². The van der Waals surface area contributed by atoms with Gasteiger partial charge in [-0.15, -0.1) is 0 Å². The molecule has 0 aliphatic carbocycles. The van der Waals surface area contributed by atoms with Crippen LogP contribution < -0.4 is 4.74 Å². The summed E-state index contributed by atoms with van der Waals surface area (Å²) >= 11 is 0.